The minimum atomic E-state index is 0.0813. The van der Waals surface area contributed by atoms with Crippen molar-refractivity contribution in [1.82, 2.24) is 4.57 Å². The van der Waals surface area contributed by atoms with Gasteiger partial charge in [-0.1, -0.05) is 109 Å². The van der Waals surface area contributed by atoms with Gasteiger partial charge in [0, 0.05) is 53.1 Å². The van der Waals surface area contributed by atoms with Gasteiger partial charge in [-0.15, -0.1) is 11.3 Å². The number of nitrogens with zero attached hydrogens (tertiary/aromatic N) is 2. The second-order valence-electron chi connectivity index (χ2n) is 13.3. The third-order valence-electron chi connectivity index (χ3n) is 10.5. The van der Waals surface area contributed by atoms with E-state index in [4.69, 9.17) is 4.42 Å². The fourth-order valence-corrected chi connectivity index (χ4v) is 9.49. The van der Waals surface area contributed by atoms with Gasteiger partial charge in [0.2, 0.25) is 0 Å². The van der Waals surface area contributed by atoms with Gasteiger partial charge in [-0.05, 0) is 72.1 Å². The zero-order valence-corrected chi connectivity index (χ0v) is 27.9. The van der Waals surface area contributed by atoms with Gasteiger partial charge < -0.3 is 13.9 Å². The summed E-state index contributed by atoms with van der Waals surface area (Å²) in [6.07, 6.45) is 5.62. The van der Waals surface area contributed by atoms with E-state index in [0.717, 1.165) is 23.3 Å². The SMILES string of the molecule is C1=CC(N(c2ccc3c(c2)sc2ccccc23)c2cccc3c4ccccc4n(-c4ccccc4)c23)Cc2ccc3oc4ccccc4c3c21. The summed E-state index contributed by atoms with van der Waals surface area (Å²) in [4.78, 5) is 2.58. The van der Waals surface area contributed by atoms with E-state index in [1.165, 1.54) is 75.3 Å². The van der Waals surface area contributed by atoms with E-state index in [1.807, 2.05) is 17.4 Å². The van der Waals surface area contributed by atoms with Crippen LogP contribution in [0.25, 0.3) is 75.7 Å². The molecular formula is C46H30N2OS. The number of fused-ring (bicyclic) bond motifs is 11. The van der Waals surface area contributed by atoms with Crippen molar-refractivity contribution in [3.63, 3.8) is 0 Å². The summed E-state index contributed by atoms with van der Waals surface area (Å²) in [5.41, 5.74) is 10.4. The molecule has 1 aliphatic carbocycles. The van der Waals surface area contributed by atoms with E-state index in [-0.39, 0.29) is 6.04 Å². The molecule has 0 aliphatic heterocycles. The van der Waals surface area contributed by atoms with E-state index in [1.54, 1.807) is 0 Å². The van der Waals surface area contributed by atoms with Crippen LogP contribution in [0.5, 0.6) is 0 Å². The molecule has 3 heterocycles. The number of rotatable bonds is 4. The Labute approximate surface area is 292 Å². The maximum absolute atomic E-state index is 6.28. The molecule has 0 radical (unpaired) electrons. The third kappa shape index (κ3) is 4.03. The van der Waals surface area contributed by atoms with Gasteiger partial charge in [-0.2, -0.15) is 0 Å². The Bertz CT molecular complexity index is 2980. The molecule has 4 heteroatoms. The van der Waals surface area contributed by atoms with Gasteiger partial charge in [0.25, 0.3) is 0 Å². The molecule has 3 nitrogen and oxygen atoms in total. The summed E-state index contributed by atoms with van der Waals surface area (Å²) in [6.45, 7) is 0. The molecule has 0 fully saturated rings. The largest absolute Gasteiger partial charge is 0.456 e. The van der Waals surface area contributed by atoms with Gasteiger partial charge in [0.15, 0.2) is 0 Å². The monoisotopic (exact) mass is 658 g/mol. The second kappa shape index (κ2) is 10.7. The Kier molecular flexibility index (Phi) is 5.95. The molecule has 10 aromatic rings. The minimum absolute atomic E-state index is 0.0813. The lowest BCUT2D eigenvalue weighted by atomic mass is 9.89. The van der Waals surface area contributed by atoms with Crippen LogP contribution >= 0.6 is 11.3 Å². The number of aromatic nitrogens is 1. The number of thiophene rings is 1. The molecule has 50 heavy (non-hydrogen) atoms. The van der Waals surface area contributed by atoms with Crippen LogP contribution in [-0.2, 0) is 6.42 Å². The quantitative estimate of drug-likeness (QED) is 0.188. The normalized spacial score (nSPS) is 14.4. The predicted octanol–water partition coefficient (Wildman–Crippen LogP) is 12.8. The van der Waals surface area contributed by atoms with E-state index in [2.05, 4.69) is 167 Å². The highest BCUT2D eigenvalue weighted by atomic mass is 32.1. The molecule has 0 saturated heterocycles. The van der Waals surface area contributed by atoms with E-state index in [9.17, 15) is 0 Å². The van der Waals surface area contributed by atoms with Gasteiger partial charge in [0.1, 0.15) is 11.2 Å². The topological polar surface area (TPSA) is 21.3 Å². The number of benzene rings is 7. The van der Waals surface area contributed by atoms with Crippen LogP contribution in [0, 0.1) is 0 Å². The predicted molar refractivity (Wildman–Crippen MR) is 212 cm³/mol. The number of furan rings is 1. The highest BCUT2D eigenvalue weighted by Gasteiger charge is 2.28. The van der Waals surface area contributed by atoms with Crippen molar-refractivity contribution < 1.29 is 4.42 Å². The maximum Gasteiger partial charge on any atom is 0.136 e. The van der Waals surface area contributed by atoms with Crippen LogP contribution in [0.1, 0.15) is 11.1 Å². The van der Waals surface area contributed by atoms with Gasteiger partial charge >= 0.3 is 0 Å². The Hall–Kier alpha value is -6.10. The first-order valence-corrected chi connectivity index (χ1v) is 18.0. The van der Waals surface area contributed by atoms with Crippen LogP contribution in [0.2, 0.25) is 0 Å². The average Bonchev–Trinajstić information content (AvgIpc) is 3.85. The summed E-state index contributed by atoms with van der Waals surface area (Å²) in [6, 6.07) is 55.1. The molecule has 0 amide bonds. The van der Waals surface area contributed by atoms with Crippen molar-refractivity contribution in [2.45, 2.75) is 12.5 Å². The zero-order chi connectivity index (χ0) is 32.8. The van der Waals surface area contributed by atoms with Gasteiger partial charge in [0.05, 0.1) is 22.8 Å². The molecule has 1 unspecified atom stereocenters. The van der Waals surface area contributed by atoms with Crippen molar-refractivity contribution in [2.75, 3.05) is 4.90 Å². The first-order valence-electron chi connectivity index (χ1n) is 17.2. The molecule has 3 aromatic heterocycles. The standard InChI is InChI=1S/C46H30N2OS/c1-2-11-30(12-3-1)48-39-17-7-4-13-34(39)37-16-10-18-40(46(37)48)47(32-23-25-36-35-14-6-9-20-43(35)50-44(36)28-32)31-22-24-33-29(27-31)21-26-42-45(33)38-15-5-8-19-41(38)49-42/h1-26,28,31H,27H2. The molecule has 11 rings (SSSR count). The fraction of sp³-hybridized carbons (Fsp3) is 0.0435. The van der Waals surface area contributed by atoms with Gasteiger partial charge in [-0.25, -0.2) is 0 Å². The molecule has 1 aliphatic rings. The van der Waals surface area contributed by atoms with Crippen molar-refractivity contribution in [2.24, 2.45) is 0 Å². The minimum Gasteiger partial charge on any atom is -0.456 e. The van der Waals surface area contributed by atoms with Crippen LogP contribution < -0.4 is 4.90 Å². The summed E-state index contributed by atoms with van der Waals surface area (Å²) in [5.74, 6) is 0. The second-order valence-corrected chi connectivity index (χ2v) is 14.3. The van der Waals surface area contributed by atoms with Crippen LogP contribution in [-0.4, -0.2) is 10.6 Å². The van der Waals surface area contributed by atoms with E-state index in [0.29, 0.717) is 0 Å². The van der Waals surface area contributed by atoms with Crippen LogP contribution in [0.15, 0.2) is 162 Å². The lowest BCUT2D eigenvalue weighted by Gasteiger charge is -2.35. The molecular weight excluding hydrogens is 629 g/mol. The third-order valence-corrected chi connectivity index (χ3v) is 11.6. The Balaban J connectivity index is 1.17. The maximum atomic E-state index is 6.28. The van der Waals surface area contributed by atoms with Crippen molar-refractivity contribution in [3.05, 3.63) is 169 Å². The lowest BCUT2D eigenvalue weighted by Crippen LogP contribution is -2.33. The molecule has 7 aromatic carbocycles. The number of anilines is 2. The van der Waals surface area contributed by atoms with Crippen molar-refractivity contribution in [1.29, 1.82) is 0 Å². The number of hydrogen-bond acceptors (Lipinski definition) is 3. The number of para-hydroxylation sites is 4. The molecule has 0 bridgehead atoms. The fourth-order valence-electron chi connectivity index (χ4n) is 8.35. The molecule has 1 atom stereocenters. The van der Waals surface area contributed by atoms with E-state index >= 15 is 0 Å². The molecule has 0 saturated carbocycles. The zero-order valence-electron chi connectivity index (χ0n) is 27.1. The highest BCUT2D eigenvalue weighted by molar-refractivity contribution is 7.25. The smallest absolute Gasteiger partial charge is 0.136 e. The first kappa shape index (κ1) is 27.8. The van der Waals surface area contributed by atoms with E-state index < -0.39 is 0 Å². The first-order chi connectivity index (χ1) is 24.8. The Morgan fingerprint density at radius 3 is 2.28 bits per heavy atom. The summed E-state index contributed by atoms with van der Waals surface area (Å²) in [7, 11) is 0. The molecule has 236 valence electrons. The van der Waals surface area contributed by atoms with Crippen molar-refractivity contribution in [3.8, 4) is 5.69 Å². The lowest BCUT2D eigenvalue weighted by molar-refractivity contribution is 0.668. The summed E-state index contributed by atoms with van der Waals surface area (Å²) in [5, 5.41) is 7.52. The summed E-state index contributed by atoms with van der Waals surface area (Å²) < 4.78 is 11.4. The number of hydrogen-bond donors (Lipinski definition) is 0. The van der Waals surface area contributed by atoms with Crippen molar-refractivity contribution >= 4 is 92.7 Å². The summed E-state index contributed by atoms with van der Waals surface area (Å²) >= 11 is 1.87. The van der Waals surface area contributed by atoms with Gasteiger partial charge in [-0.3, -0.25) is 0 Å². The average molecular weight is 659 g/mol. The Morgan fingerprint density at radius 2 is 1.36 bits per heavy atom. The Morgan fingerprint density at radius 1 is 0.600 bits per heavy atom. The molecule has 0 spiro atoms. The van der Waals surface area contributed by atoms with Crippen LogP contribution in [0.4, 0.5) is 11.4 Å². The highest BCUT2D eigenvalue weighted by Crippen LogP contribution is 2.45. The van der Waals surface area contributed by atoms with Crippen LogP contribution in [0.3, 0.4) is 0 Å². The molecule has 0 N–H and O–H groups in total.